The van der Waals surface area contributed by atoms with Gasteiger partial charge >= 0.3 is 0 Å². The number of piperidine rings is 1. The minimum atomic E-state index is -0.367. The van der Waals surface area contributed by atoms with Gasteiger partial charge in [0.05, 0.1) is 22.5 Å². The Balaban J connectivity index is 1.12. The summed E-state index contributed by atoms with van der Waals surface area (Å²) in [4.78, 5) is 36.4. The third kappa shape index (κ3) is 5.23. The molecule has 3 aromatic rings. The van der Waals surface area contributed by atoms with Crippen molar-refractivity contribution < 1.29 is 14.3 Å². The van der Waals surface area contributed by atoms with Crippen LogP contribution in [-0.4, -0.2) is 63.4 Å². The molecule has 6 rings (SSSR count). The van der Waals surface area contributed by atoms with Crippen LogP contribution in [0.1, 0.15) is 69.7 Å². The highest BCUT2D eigenvalue weighted by atomic mass is 16.5. The van der Waals surface area contributed by atoms with Crippen molar-refractivity contribution in [3.8, 4) is 5.75 Å². The molecule has 3 aliphatic rings. The van der Waals surface area contributed by atoms with Gasteiger partial charge in [0.2, 0.25) is 11.8 Å². The van der Waals surface area contributed by atoms with Crippen LogP contribution in [-0.2, 0) is 29.0 Å². The molecule has 0 unspecified atom stereocenters. The summed E-state index contributed by atoms with van der Waals surface area (Å²) >= 11 is 0. The number of ether oxygens (including phenoxy) is 1. The zero-order valence-corrected chi connectivity index (χ0v) is 23.8. The molecule has 7 heteroatoms. The third-order valence-corrected chi connectivity index (χ3v) is 9.53. The lowest BCUT2D eigenvalue weighted by atomic mass is 9.72. The summed E-state index contributed by atoms with van der Waals surface area (Å²) in [6.45, 7) is 5.66. The van der Waals surface area contributed by atoms with Gasteiger partial charge in [-0.15, -0.1) is 0 Å². The molecule has 3 aliphatic heterocycles. The number of aromatic nitrogens is 2. The molecular weight excluding hydrogens is 500 g/mol. The predicted molar refractivity (Wildman–Crippen MR) is 156 cm³/mol. The lowest BCUT2D eigenvalue weighted by Gasteiger charge is -2.44. The Morgan fingerprint density at radius 3 is 2.65 bits per heavy atom. The van der Waals surface area contributed by atoms with E-state index in [2.05, 4.69) is 40.7 Å². The molecule has 212 valence electrons. The largest absolute Gasteiger partial charge is 0.491 e. The van der Waals surface area contributed by atoms with E-state index in [9.17, 15) is 9.59 Å². The standard InChI is InChI=1S/C33H42N4O3/c1-2-36-28-14-5-4-13-27(28)34-30(36)16-17-31(38)35-22-19-33(20-23-35)18-8-7-11-25-10-3-6-15-29(25)40-24-26-12-9-21-37(26)32(33)39/h3-6,10,13-15,26H,2,7-9,11-12,16-24H2,1H3/t26-/m0/s1. The lowest BCUT2D eigenvalue weighted by molar-refractivity contribution is -0.150. The maximum atomic E-state index is 14.2. The number of nitrogens with zero attached hydrogens (tertiary/aromatic N) is 4. The van der Waals surface area contributed by atoms with Crippen LogP contribution in [0.5, 0.6) is 5.75 Å². The molecule has 1 atom stereocenters. The quantitative estimate of drug-likeness (QED) is 0.443. The van der Waals surface area contributed by atoms with E-state index in [4.69, 9.17) is 9.72 Å². The van der Waals surface area contributed by atoms with Crippen molar-refractivity contribution in [1.29, 1.82) is 0 Å². The summed E-state index contributed by atoms with van der Waals surface area (Å²) in [7, 11) is 0. The number of aryl methyl sites for hydroxylation is 3. The highest BCUT2D eigenvalue weighted by molar-refractivity contribution is 5.84. The summed E-state index contributed by atoms with van der Waals surface area (Å²) in [6.07, 6.45) is 8.57. The summed E-state index contributed by atoms with van der Waals surface area (Å²) < 4.78 is 8.51. The van der Waals surface area contributed by atoms with Crippen LogP contribution in [0.2, 0.25) is 0 Å². The third-order valence-electron chi connectivity index (χ3n) is 9.53. The minimum Gasteiger partial charge on any atom is -0.491 e. The Labute approximate surface area is 237 Å². The Hall–Kier alpha value is -3.35. The van der Waals surface area contributed by atoms with Gasteiger partial charge in [0.15, 0.2) is 0 Å². The first-order chi connectivity index (χ1) is 19.6. The molecule has 7 nitrogen and oxygen atoms in total. The Morgan fingerprint density at radius 2 is 1.80 bits per heavy atom. The molecule has 2 saturated heterocycles. The number of amides is 2. The minimum absolute atomic E-state index is 0.134. The zero-order chi connectivity index (χ0) is 27.5. The second kappa shape index (κ2) is 11.6. The SMILES string of the molecule is CCn1c(CCC(=O)N2CCC3(CCCCc4ccccc4OC[C@@H]4CCCN4C3=O)CC2)nc2ccccc21. The normalized spacial score (nSPS) is 21.4. The molecule has 40 heavy (non-hydrogen) atoms. The summed E-state index contributed by atoms with van der Waals surface area (Å²) in [5.41, 5.74) is 3.02. The van der Waals surface area contributed by atoms with E-state index >= 15 is 0 Å². The first-order valence-corrected chi connectivity index (χ1v) is 15.3. The lowest BCUT2D eigenvalue weighted by Crippen LogP contribution is -2.53. The van der Waals surface area contributed by atoms with Crippen LogP contribution >= 0.6 is 0 Å². The van der Waals surface area contributed by atoms with E-state index in [0.29, 0.717) is 38.4 Å². The van der Waals surface area contributed by atoms with E-state index in [-0.39, 0.29) is 17.4 Å². The smallest absolute Gasteiger partial charge is 0.229 e. The maximum Gasteiger partial charge on any atom is 0.229 e. The van der Waals surface area contributed by atoms with Gasteiger partial charge < -0.3 is 19.1 Å². The molecule has 0 bridgehead atoms. The number of hydrogen-bond acceptors (Lipinski definition) is 4. The molecule has 2 amide bonds. The van der Waals surface area contributed by atoms with Crippen molar-refractivity contribution in [1.82, 2.24) is 19.4 Å². The summed E-state index contributed by atoms with van der Waals surface area (Å²) in [5, 5.41) is 0. The molecular formula is C33H42N4O3. The second-order valence-corrected chi connectivity index (χ2v) is 11.8. The second-order valence-electron chi connectivity index (χ2n) is 11.8. The topological polar surface area (TPSA) is 67.7 Å². The van der Waals surface area contributed by atoms with Crippen LogP contribution in [0.4, 0.5) is 0 Å². The zero-order valence-electron chi connectivity index (χ0n) is 23.8. The number of imidazole rings is 1. The Kier molecular flexibility index (Phi) is 7.81. The number of hydrogen-bond donors (Lipinski definition) is 0. The highest BCUT2D eigenvalue weighted by Crippen LogP contribution is 2.41. The van der Waals surface area contributed by atoms with Gasteiger partial charge in [0.25, 0.3) is 0 Å². The molecule has 0 saturated carbocycles. The molecule has 4 heterocycles. The number of rotatable bonds is 4. The van der Waals surface area contributed by atoms with Crippen LogP contribution in [0.15, 0.2) is 48.5 Å². The predicted octanol–water partition coefficient (Wildman–Crippen LogP) is 5.39. The first-order valence-electron chi connectivity index (χ1n) is 15.3. The van der Waals surface area contributed by atoms with Gasteiger partial charge in [-0.1, -0.05) is 36.8 Å². The average Bonchev–Trinajstić information content (AvgIpc) is 3.61. The molecule has 2 fully saturated rings. The van der Waals surface area contributed by atoms with Crippen LogP contribution in [0, 0.1) is 5.41 Å². The van der Waals surface area contributed by atoms with Gasteiger partial charge in [0.1, 0.15) is 18.2 Å². The van der Waals surface area contributed by atoms with Gasteiger partial charge in [-0.2, -0.15) is 0 Å². The molecule has 0 N–H and O–H groups in total. The van der Waals surface area contributed by atoms with E-state index in [1.54, 1.807) is 0 Å². The van der Waals surface area contributed by atoms with Crippen molar-refractivity contribution in [3.63, 3.8) is 0 Å². The molecule has 1 aromatic heterocycles. The molecule has 0 aliphatic carbocycles. The maximum absolute atomic E-state index is 14.2. The molecule has 0 radical (unpaired) electrons. The number of carbonyl (C=O) groups excluding carboxylic acids is 2. The van der Waals surface area contributed by atoms with Crippen LogP contribution in [0.25, 0.3) is 11.0 Å². The van der Waals surface area contributed by atoms with Crippen molar-refractivity contribution in [2.45, 2.75) is 83.7 Å². The number of likely N-dealkylation sites (tertiary alicyclic amines) is 1. The van der Waals surface area contributed by atoms with E-state index in [0.717, 1.165) is 87.1 Å². The van der Waals surface area contributed by atoms with Crippen molar-refractivity contribution in [2.24, 2.45) is 5.41 Å². The Morgan fingerprint density at radius 1 is 1.00 bits per heavy atom. The summed E-state index contributed by atoms with van der Waals surface area (Å²) in [5.74, 6) is 2.42. The van der Waals surface area contributed by atoms with E-state index in [1.165, 1.54) is 5.56 Å². The number of carbonyl (C=O) groups is 2. The highest BCUT2D eigenvalue weighted by Gasteiger charge is 2.46. The molecule has 1 spiro atoms. The molecule has 2 aromatic carbocycles. The average molecular weight is 543 g/mol. The van der Waals surface area contributed by atoms with Gasteiger partial charge in [0, 0.05) is 39.0 Å². The fraction of sp³-hybridized carbons (Fsp3) is 0.545. The Bertz CT molecular complexity index is 1360. The van der Waals surface area contributed by atoms with Crippen molar-refractivity contribution >= 4 is 22.8 Å². The number of benzene rings is 2. The first kappa shape index (κ1) is 26.9. The van der Waals surface area contributed by atoms with Gasteiger partial charge in [-0.05, 0) is 75.6 Å². The fourth-order valence-corrected chi connectivity index (χ4v) is 7.20. The van der Waals surface area contributed by atoms with Gasteiger partial charge in [-0.25, -0.2) is 4.98 Å². The summed E-state index contributed by atoms with van der Waals surface area (Å²) in [6, 6.07) is 16.7. The van der Waals surface area contributed by atoms with Crippen molar-refractivity contribution in [2.75, 3.05) is 26.2 Å². The number of fused-ring (bicyclic) bond motifs is 3. The van der Waals surface area contributed by atoms with Gasteiger partial charge in [-0.3, -0.25) is 9.59 Å². The van der Waals surface area contributed by atoms with Crippen molar-refractivity contribution in [3.05, 3.63) is 59.9 Å². The van der Waals surface area contributed by atoms with Crippen LogP contribution < -0.4 is 4.74 Å². The van der Waals surface area contributed by atoms with E-state index in [1.807, 2.05) is 29.2 Å². The fourth-order valence-electron chi connectivity index (χ4n) is 7.20. The van der Waals surface area contributed by atoms with E-state index < -0.39 is 0 Å². The van der Waals surface area contributed by atoms with Crippen LogP contribution in [0.3, 0.4) is 0 Å². The number of para-hydroxylation sites is 3. The monoisotopic (exact) mass is 542 g/mol.